The maximum atomic E-state index is 12.8. The molecule has 8 heteroatoms. The molecule has 1 fully saturated rings. The van der Waals surface area contributed by atoms with Crippen LogP contribution in [0.3, 0.4) is 0 Å². The van der Waals surface area contributed by atoms with Crippen LogP contribution in [0, 0.1) is 20.8 Å². The Morgan fingerprint density at radius 1 is 1.09 bits per heavy atom. The van der Waals surface area contributed by atoms with Crippen molar-refractivity contribution in [2.75, 3.05) is 18.7 Å². The van der Waals surface area contributed by atoms with E-state index >= 15 is 0 Å². The number of carbonyl (C=O) groups excluding carboxylic acids is 2. The highest BCUT2D eigenvalue weighted by atomic mass is 32.2. The van der Waals surface area contributed by atoms with E-state index in [1.165, 1.54) is 17.3 Å². The average molecular weight is 497 g/mol. The van der Waals surface area contributed by atoms with Crippen LogP contribution in [0.15, 0.2) is 35.2 Å². The summed E-state index contributed by atoms with van der Waals surface area (Å²) in [6.45, 7) is 6.85. The highest BCUT2D eigenvalue weighted by Crippen LogP contribution is 2.36. The Hall–Kier alpha value is -2.84. The van der Waals surface area contributed by atoms with Crippen molar-refractivity contribution in [3.63, 3.8) is 0 Å². The second-order valence-corrected chi connectivity index (χ2v) is 10.3. The molecule has 0 bridgehead atoms. The molecule has 0 atom stereocenters. The third-order valence-corrected chi connectivity index (χ3v) is 7.17. The summed E-state index contributed by atoms with van der Waals surface area (Å²) in [4.78, 5) is 27.5. The fourth-order valence-electron chi connectivity index (χ4n) is 4.16. The Balaban J connectivity index is 1.23. The van der Waals surface area contributed by atoms with Crippen molar-refractivity contribution >= 4 is 51.9 Å². The van der Waals surface area contributed by atoms with E-state index in [1.54, 1.807) is 4.90 Å². The zero-order valence-electron chi connectivity index (χ0n) is 19.6. The van der Waals surface area contributed by atoms with E-state index in [0.29, 0.717) is 33.7 Å². The molecule has 0 aromatic heterocycles. The monoisotopic (exact) mass is 496 g/mol. The second-order valence-electron chi connectivity index (χ2n) is 8.58. The third kappa shape index (κ3) is 5.62. The number of thioether (sulfide) groups is 1. The number of hydrogen-bond donors (Lipinski definition) is 1. The molecule has 2 aliphatic heterocycles. The Morgan fingerprint density at radius 2 is 1.82 bits per heavy atom. The molecule has 178 valence electrons. The number of hydrogen-bond acceptors (Lipinski definition) is 6. The summed E-state index contributed by atoms with van der Waals surface area (Å²) in [5.41, 5.74) is 5.12. The molecule has 0 saturated carbocycles. The van der Waals surface area contributed by atoms with Gasteiger partial charge < -0.3 is 14.8 Å². The second kappa shape index (κ2) is 10.6. The smallest absolute Gasteiger partial charge is 0.266 e. The summed E-state index contributed by atoms with van der Waals surface area (Å²) in [7, 11) is 0. The van der Waals surface area contributed by atoms with Gasteiger partial charge >= 0.3 is 0 Å². The molecule has 2 aromatic carbocycles. The van der Waals surface area contributed by atoms with E-state index in [4.69, 9.17) is 21.7 Å². The maximum Gasteiger partial charge on any atom is 0.266 e. The summed E-state index contributed by atoms with van der Waals surface area (Å²) < 4.78 is 11.3. The minimum atomic E-state index is -0.0734. The molecular weight excluding hydrogens is 468 g/mol. The number of benzene rings is 2. The van der Waals surface area contributed by atoms with E-state index in [2.05, 4.69) is 24.4 Å². The minimum Gasteiger partial charge on any atom is -0.454 e. The van der Waals surface area contributed by atoms with Crippen molar-refractivity contribution < 1.29 is 19.1 Å². The number of nitrogens with zero attached hydrogens (tertiary/aromatic N) is 1. The van der Waals surface area contributed by atoms with Crippen molar-refractivity contribution in [1.82, 2.24) is 4.90 Å². The first-order valence-electron chi connectivity index (χ1n) is 11.3. The van der Waals surface area contributed by atoms with Gasteiger partial charge in [0.25, 0.3) is 5.91 Å². The van der Waals surface area contributed by atoms with Crippen LogP contribution in [0.4, 0.5) is 5.69 Å². The third-order valence-electron chi connectivity index (χ3n) is 5.79. The van der Waals surface area contributed by atoms with Gasteiger partial charge in [-0.1, -0.05) is 54.2 Å². The topological polar surface area (TPSA) is 67.9 Å². The van der Waals surface area contributed by atoms with Crippen LogP contribution in [-0.4, -0.2) is 34.4 Å². The summed E-state index contributed by atoms with van der Waals surface area (Å²) in [5, 5.41) is 3.04. The van der Waals surface area contributed by atoms with Gasteiger partial charge in [-0.15, -0.1) is 0 Å². The van der Waals surface area contributed by atoms with Crippen molar-refractivity contribution in [3.05, 3.63) is 57.5 Å². The molecule has 2 amide bonds. The number of anilines is 1. The fraction of sp³-hybridized carbons (Fsp3) is 0.346. The van der Waals surface area contributed by atoms with Gasteiger partial charge in [0.2, 0.25) is 12.7 Å². The van der Waals surface area contributed by atoms with Crippen molar-refractivity contribution in [1.29, 1.82) is 0 Å². The normalized spacial score (nSPS) is 16.0. The first-order chi connectivity index (χ1) is 16.3. The number of ether oxygens (including phenoxy) is 2. The zero-order valence-corrected chi connectivity index (χ0v) is 21.2. The Morgan fingerprint density at radius 3 is 2.59 bits per heavy atom. The number of amides is 2. The van der Waals surface area contributed by atoms with Gasteiger partial charge in [-0.05, 0) is 68.5 Å². The molecule has 1 saturated heterocycles. The molecule has 2 aliphatic rings. The highest BCUT2D eigenvalue weighted by molar-refractivity contribution is 8.26. The summed E-state index contributed by atoms with van der Waals surface area (Å²) in [5.74, 6) is 1.34. The lowest BCUT2D eigenvalue weighted by Gasteiger charge is -2.14. The number of rotatable bonds is 8. The minimum absolute atomic E-state index is 0.0207. The molecule has 2 heterocycles. The van der Waals surface area contributed by atoms with Gasteiger partial charge in [0.1, 0.15) is 4.32 Å². The van der Waals surface area contributed by atoms with E-state index < -0.39 is 0 Å². The van der Waals surface area contributed by atoms with Crippen LogP contribution < -0.4 is 14.8 Å². The Labute approximate surface area is 209 Å². The fourth-order valence-corrected chi connectivity index (χ4v) is 5.47. The lowest BCUT2D eigenvalue weighted by molar-refractivity contribution is -0.122. The largest absolute Gasteiger partial charge is 0.454 e. The summed E-state index contributed by atoms with van der Waals surface area (Å²) in [6, 6.07) is 9.74. The lowest BCUT2D eigenvalue weighted by atomic mass is 10.0. The highest BCUT2D eigenvalue weighted by Gasteiger charge is 2.31. The first kappa shape index (κ1) is 24.3. The van der Waals surface area contributed by atoms with E-state index in [9.17, 15) is 9.59 Å². The number of carbonyl (C=O) groups is 2. The summed E-state index contributed by atoms with van der Waals surface area (Å²) >= 11 is 6.75. The van der Waals surface area contributed by atoms with Crippen molar-refractivity contribution in [3.8, 4) is 11.5 Å². The van der Waals surface area contributed by atoms with E-state index in [-0.39, 0.29) is 18.6 Å². The van der Waals surface area contributed by atoms with Gasteiger partial charge in [-0.25, -0.2) is 0 Å². The van der Waals surface area contributed by atoms with Crippen molar-refractivity contribution in [2.45, 2.75) is 46.5 Å². The van der Waals surface area contributed by atoms with Crippen LogP contribution >= 0.6 is 24.0 Å². The van der Waals surface area contributed by atoms with Crippen LogP contribution in [0.25, 0.3) is 6.08 Å². The van der Waals surface area contributed by atoms with Gasteiger partial charge in [0, 0.05) is 18.7 Å². The standard InChI is InChI=1S/C26H28N2O4S2/c1-16-11-17(2)24(18(3)12-16)27-23(29)7-5-4-6-10-28-25(30)22(34-26(28)33)14-19-8-9-20-21(13-19)32-15-31-20/h8-9,11-14H,4-7,10,15H2,1-3H3,(H,27,29). The predicted octanol–water partition coefficient (Wildman–Crippen LogP) is 5.74. The number of nitrogens with one attached hydrogen (secondary N) is 1. The Kier molecular flexibility index (Phi) is 7.58. The molecule has 1 N–H and O–H groups in total. The van der Waals surface area contributed by atoms with Crippen LogP contribution in [0.1, 0.15) is 47.9 Å². The van der Waals surface area contributed by atoms with Crippen LogP contribution in [0.2, 0.25) is 0 Å². The van der Waals surface area contributed by atoms with Crippen LogP contribution in [0.5, 0.6) is 11.5 Å². The summed E-state index contributed by atoms with van der Waals surface area (Å²) in [6.07, 6.45) is 4.69. The van der Waals surface area contributed by atoms with E-state index in [1.807, 2.05) is 38.1 Å². The Bertz CT molecular complexity index is 1150. The zero-order chi connectivity index (χ0) is 24.2. The van der Waals surface area contributed by atoms with E-state index in [0.717, 1.165) is 41.6 Å². The quantitative estimate of drug-likeness (QED) is 0.286. The number of unbranched alkanes of at least 4 members (excludes halogenated alkanes) is 2. The predicted molar refractivity (Wildman–Crippen MR) is 140 cm³/mol. The number of fused-ring (bicyclic) bond motifs is 1. The molecule has 0 spiro atoms. The average Bonchev–Trinajstić information content (AvgIpc) is 3.35. The first-order valence-corrected chi connectivity index (χ1v) is 12.6. The molecule has 0 radical (unpaired) electrons. The lowest BCUT2D eigenvalue weighted by Crippen LogP contribution is -2.29. The molecule has 6 nitrogen and oxygen atoms in total. The van der Waals surface area contributed by atoms with Gasteiger partial charge in [0.05, 0.1) is 4.91 Å². The molecule has 2 aromatic rings. The maximum absolute atomic E-state index is 12.8. The molecule has 4 rings (SSSR count). The van der Waals surface area contributed by atoms with Gasteiger partial charge in [0.15, 0.2) is 11.5 Å². The van der Waals surface area contributed by atoms with Crippen LogP contribution in [-0.2, 0) is 9.59 Å². The van der Waals surface area contributed by atoms with Gasteiger partial charge in [-0.3, -0.25) is 14.5 Å². The molecule has 0 unspecified atom stereocenters. The van der Waals surface area contributed by atoms with Gasteiger partial charge in [-0.2, -0.15) is 0 Å². The molecule has 34 heavy (non-hydrogen) atoms. The number of aryl methyl sites for hydroxylation is 3. The number of thiocarbonyl (C=S) groups is 1. The van der Waals surface area contributed by atoms with Crippen molar-refractivity contribution in [2.24, 2.45) is 0 Å². The molecular formula is C26H28N2O4S2. The SMILES string of the molecule is Cc1cc(C)c(NC(=O)CCCCCN2C(=O)C(=Cc3ccc4c(c3)OCO4)SC2=S)c(C)c1. The molecule has 0 aliphatic carbocycles.